The van der Waals surface area contributed by atoms with E-state index in [2.05, 4.69) is 10.3 Å². The molecule has 1 fully saturated rings. The van der Waals surface area contributed by atoms with Crippen LogP contribution >= 0.6 is 0 Å². The lowest BCUT2D eigenvalue weighted by atomic mass is 10.2. The van der Waals surface area contributed by atoms with Gasteiger partial charge in [-0.25, -0.2) is 0 Å². The Morgan fingerprint density at radius 1 is 1.08 bits per heavy atom. The van der Waals surface area contributed by atoms with Crippen molar-refractivity contribution >= 4 is 17.3 Å². The monoisotopic (exact) mass is 339 g/mol. The van der Waals surface area contributed by atoms with Gasteiger partial charge in [0, 0.05) is 25.0 Å². The first-order valence-corrected chi connectivity index (χ1v) is 9.00. The van der Waals surface area contributed by atoms with Crippen LogP contribution in [0.3, 0.4) is 0 Å². The number of pyridine rings is 1. The Balaban J connectivity index is 1.69. The van der Waals surface area contributed by atoms with E-state index in [1.165, 1.54) is 12.8 Å². The summed E-state index contributed by atoms with van der Waals surface area (Å²) >= 11 is 0. The number of aromatic nitrogens is 1. The minimum Gasteiger partial charge on any atom is -0.494 e. The van der Waals surface area contributed by atoms with Crippen molar-refractivity contribution in [2.75, 3.05) is 25.0 Å². The van der Waals surface area contributed by atoms with Gasteiger partial charge >= 0.3 is 0 Å². The lowest BCUT2D eigenvalue weighted by Crippen LogP contribution is -2.31. The first-order valence-electron chi connectivity index (χ1n) is 9.00. The number of hydrogen-bond acceptors (Lipinski definition) is 4. The Morgan fingerprint density at radius 3 is 2.48 bits per heavy atom. The van der Waals surface area contributed by atoms with Gasteiger partial charge in [-0.3, -0.25) is 9.78 Å². The molecular formula is C20H25N3O2. The van der Waals surface area contributed by atoms with E-state index in [1.54, 1.807) is 12.4 Å². The van der Waals surface area contributed by atoms with Gasteiger partial charge in [0.05, 0.1) is 24.1 Å². The van der Waals surface area contributed by atoms with E-state index in [0.29, 0.717) is 12.2 Å². The Hall–Kier alpha value is -2.56. The molecule has 0 spiro atoms. The lowest BCUT2D eigenvalue weighted by Gasteiger charge is -2.20. The first kappa shape index (κ1) is 17.3. The third kappa shape index (κ3) is 4.72. The van der Waals surface area contributed by atoms with Gasteiger partial charge < -0.3 is 15.0 Å². The maximum Gasteiger partial charge on any atom is 0.255 e. The third-order valence-corrected chi connectivity index (χ3v) is 4.33. The predicted molar refractivity (Wildman–Crippen MR) is 99.5 cm³/mol. The minimum absolute atomic E-state index is 0.0738. The van der Waals surface area contributed by atoms with Crippen molar-refractivity contribution in [3.8, 4) is 5.75 Å². The number of rotatable bonds is 5. The average Bonchev–Trinajstić information content (AvgIpc) is 2.93. The van der Waals surface area contributed by atoms with Gasteiger partial charge in [-0.05, 0) is 50.1 Å². The molecule has 2 aromatic rings. The molecule has 1 aromatic carbocycles. The minimum atomic E-state index is 0.0738. The summed E-state index contributed by atoms with van der Waals surface area (Å²) < 4.78 is 5.45. The number of amides is 1. The topological polar surface area (TPSA) is 54.5 Å². The maximum atomic E-state index is 12.7. The normalized spacial score (nSPS) is 14.7. The van der Waals surface area contributed by atoms with Gasteiger partial charge in [-0.15, -0.1) is 0 Å². The zero-order valence-corrected chi connectivity index (χ0v) is 14.7. The molecule has 1 aromatic heterocycles. The molecule has 25 heavy (non-hydrogen) atoms. The lowest BCUT2D eigenvalue weighted by molar-refractivity contribution is 0.0761. The molecular weight excluding hydrogens is 314 g/mol. The molecule has 1 aliphatic rings. The van der Waals surface area contributed by atoms with Crippen molar-refractivity contribution in [1.82, 2.24) is 9.88 Å². The van der Waals surface area contributed by atoms with E-state index in [9.17, 15) is 4.79 Å². The average molecular weight is 339 g/mol. The molecule has 0 radical (unpaired) electrons. The van der Waals surface area contributed by atoms with Gasteiger partial charge in [0.25, 0.3) is 5.91 Å². The van der Waals surface area contributed by atoms with Crippen molar-refractivity contribution in [1.29, 1.82) is 0 Å². The summed E-state index contributed by atoms with van der Waals surface area (Å²) in [6, 6.07) is 9.62. The SMILES string of the molecule is CCOc1ccc(Nc2cncc(C(=O)N3CCCCCC3)c2)cc1. The Labute approximate surface area is 149 Å². The molecule has 3 rings (SSSR count). The Bertz CT molecular complexity index is 692. The largest absolute Gasteiger partial charge is 0.494 e. The molecule has 1 N–H and O–H groups in total. The van der Waals surface area contributed by atoms with Crippen molar-refractivity contribution in [2.24, 2.45) is 0 Å². The van der Waals surface area contributed by atoms with Gasteiger partial charge in [0.2, 0.25) is 0 Å². The summed E-state index contributed by atoms with van der Waals surface area (Å²) in [7, 11) is 0. The molecule has 1 amide bonds. The predicted octanol–water partition coefficient (Wildman–Crippen LogP) is 4.24. The van der Waals surface area contributed by atoms with Gasteiger partial charge in [0.15, 0.2) is 0 Å². The third-order valence-electron chi connectivity index (χ3n) is 4.33. The van der Waals surface area contributed by atoms with Crippen molar-refractivity contribution in [3.63, 3.8) is 0 Å². The van der Waals surface area contributed by atoms with Crippen molar-refractivity contribution in [2.45, 2.75) is 32.6 Å². The van der Waals surface area contributed by atoms with E-state index in [-0.39, 0.29) is 5.91 Å². The number of carbonyl (C=O) groups excluding carboxylic acids is 1. The molecule has 1 saturated heterocycles. The summed E-state index contributed by atoms with van der Waals surface area (Å²) in [6.07, 6.45) is 7.97. The summed E-state index contributed by atoms with van der Waals surface area (Å²) in [5.74, 6) is 0.918. The van der Waals surface area contributed by atoms with Crippen molar-refractivity contribution < 1.29 is 9.53 Å². The second-order valence-electron chi connectivity index (χ2n) is 6.25. The fourth-order valence-corrected chi connectivity index (χ4v) is 3.05. The van der Waals surface area contributed by atoms with Crippen LogP contribution in [0.1, 0.15) is 43.0 Å². The Kier molecular flexibility index (Phi) is 5.88. The fourth-order valence-electron chi connectivity index (χ4n) is 3.05. The molecule has 0 unspecified atom stereocenters. The van der Waals surface area contributed by atoms with Crippen LogP contribution in [-0.2, 0) is 0 Å². The number of nitrogens with one attached hydrogen (secondary N) is 1. The second kappa shape index (κ2) is 8.51. The molecule has 0 aliphatic carbocycles. The molecule has 0 atom stereocenters. The molecule has 132 valence electrons. The number of hydrogen-bond donors (Lipinski definition) is 1. The first-order chi connectivity index (χ1) is 12.3. The molecule has 2 heterocycles. The number of ether oxygens (including phenoxy) is 1. The summed E-state index contributed by atoms with van der Waals surface area (Å²) in [6.45, 7) is 4.30. The standard InChI is InChI=1S/C20H25N3O2/c1-2-25-19-9-7-17(8-10-19)22-18-13-16(14-21-15-18)20(24)23-11-5-3-4-6-12-23/h7-10,13-15,22H,2-6,11-12H2,1H3. The highest BCUT2D eigenvalue weighted by Crippen LogP contribution is 2.21. The summed E-state index contributed by atoms with van der Waals surface area (Å²) in [5, 5.41) is 3.29. The summed E-state index contributed by atoms with van der Waals surface area (Å²) in [5.41, 5.74) is 2.38. The van der Waals surface area contributed by atoms with Crippen molar-refractivity contribution in [3.05, 3.63) is 48.3 Å². The van der Waals surface area contributed by atoms with Gasteiger partial charge in [-0.1, -0.05) is 12.8 Å². The van der Waals surface area contributed by atoms with E-state index >= 15 is 0 Å². The highest BCUT2D eigenvalue weighted by molar-refractivity contribution is 5.95. The number of anilines is 2. The maximum absolute atomic E-state index is 12.7. The van der Waals surface area contributed by atoms with Crippen LogP contribution in [-0.4, -0.2) is 35.5 Å². The zero-order chi connectivity index (χ0) is 17.5. The smallest absolute Gasteiger partial charge is 0.255 e. The molecule has 1 aliphatic heterocycles. The Morgan fingerprint density at radius 2 is 1.80 bits per heavy atom. The summed E-state index contributed by atoms with van der Waals surface area (Å²) in [4.78, 5) is 18.9. The zero-order valence-electron chi connectivity index (χ0n) is 14.7. The number of likely N-dealkylation sites (tertiary alicyclic amines) is 1. The van der Waals surface area contributed by atoms with Crippen LogP contribution in [0.5, 0.6) is 5.75 Å². The highest BCUT2D eigenvalue weighted by Gasteiger charge is 2.17. The van der Waals surface area contributed by atoms with E-state index in [1.807, 2.05) is 42.2 Å². The van der Waals surface area contributed by atoms with Gasteiger partial charge in [-0.2, -0.15) is 0 Å². The van der Waals surface area contributed by atoms with E-state index < -0.39 is 0 Å². The fraction of sp³-hybridized carbons (Fsp3) is 0.400. The molecule has 0 bridgehead atoms. The van der Waals surface area contributed by atoms with Crippen LogP contribution in [0.15, 0.2) is 42.7 Å². The van der Waals surface area contributed by atoms with Crippen LogP contribution < -0.4 is 10.1 Å². The van der Waals surface area contributed by atoms with E-state index in [4.69, 9.17) is 4.74 Å². The number of carbonyl (C=O) groups is 1. The number of nitrogens with zero attached hydrogens (tertiary/aromatic N) is 2. The highest BCUT2D eigenvalue weighted by atomic mass is 16.5. The number of benzene rings is 1. The second-order valence-corrected chi connectivity index (χ2v) is 6.25. The molecule has 5 heteroatoms. The van der Waals surface area contributed by atoms with E-state index in [0.717, 1.165) is 43.1 Å². The quantitative estimate of drug-likeness (QED) is 0.885. The van der Waals surface area contributed by atoms with Crippen LogP contribution in [0, 0.1) is 0 Å². The molecule has 5 nitrogen and oxygen atoms in total. The molecule has 0 saturated carbocycles. The van der Waals surface area contributed by atoms with Crippen LogP contribution in [0.2, 0.25) is 0 Å². The van der Waals surface area contributed by atoms with Crippen LogP contribution in [0.25, 0.3) is 0 Å². The van der Waals surface area contributed by atoms with Crippen LogP contribution in [0.4, 0.5) is 11.4 Å². The van der Waals surface area contributed by atoms with Gasteiger partial charge in [0.1, 0.15) is 5.75 Å².